The molecule has 0 amide bonds. The number of hydrogen-bond donors (Lipinski definition) is 4. The second-order valence-electron chi connectivity index (χ2n) is 13.1. The maximum absolute atomic E-state index is 13.5. The van der Waals surface area contributed by atoms with E-state index in [-0.39, 0.29) is 23.2 Å². The van der Waals surface area contributed by atoms with Crippen LogP contribution in [0.25, 0.3) is 21.8 Å². The third-order valence-electron chi connectivity index (χ3n) is 9.41. The fraction of sp³-hybridized carbons (Fsp3) is 0.136. The molecule has 16 heteroatoms. The van der Waals surface area contributed by atoms with Crippen LogP contribution in [-0.4, -0.2) is 69.9 Å². The van der Waals surface area contributed by atoms with Crippen LogP contribution in [0.4, 0.5) is 20.2 Å². The molecule has 4 heterocycles. The van der Waals surface area contributed by atoms with Gasteiger partial charge in [0, 0.05) is 68.8 Å². The molecule has 0 fully saturated rings. The van der Waals surface area contributed by atoms with Crippen LogP contribution in [-0.2, 0) is 0 Å². The van der Waals surface area contributed by atoms with Gasteiger partial charge in [-0.2, -0.15) is 0 Å². The number of nitrogens with one attached hydrogen (secondary N) is 4. The van der Waals surface area contributed by atoms with Crippen LogP contribution >= 0.6 is 0 Å². The Hall–Kier alpha value is -7.88. The molecule has 0 bridgehead atoms. The number of ketones is 2. The second kappa shape index (κ2) is 18.1. The first-order valence-electron chi connectivity index (χ1n) is 18.3. The highest BCUT2D eigenvalue weighted by Crippen LogP contribution is 2.31. The van der Waals surface area contributed by atoms with Crippen molar-refractivity contribution >= 4 is 44.7 Å². The summed E-state index contributed by atoms with van der Waals surface area (Å²) in [6, 6.07) is 21.3. The second-order valence-corrected chi connectivity index (χ2v) is 13.1. The molecule has 0 aliphatic rings. The molecule has 0 radical (unpaired) electrons. The van der Waals surface area contributed by atoms with Crippen molar-refractivity contribution in [2.24, 2.45) is 0 Å². The van der Waals surface area contributed by atoms with Crippen LogP contribution in [0.1, 0.15) is 44.2 Å². The summed E-state index contributed by atoms with van der Waals surface area (Å²) in [7, 11) is 6.13. The lowest BCUT2D eigenvalue weighted by molar-refractivity contribution is 0.0961. The van der Waals surface area contributed by atoms with Gasteiger partial charge >= 0.3 is 0 Å². The molecule has 2 atom stereocenters. The Kier molecular flexibility index (Phi) is 12.2. The monoisotopic (exact) mass is 812 g/mol. The lowest BCUT2D eigenvalue weighted by Gasteiger charge is -2.18. The summed E-state index contributed by atoms with van der Waals surface area (Å²) in [4.78, 5) is 50.0. The van der Waals surface area contributed by atoms with Crippen LogP contribution in [0, 0.1) is 11.6 Å². The third kappa shape index (κ3) is 8.97. The fourth-order valence-electron chi connectivity index (χ4n) is 6.38. The molecule has 60 heavy (non-hydrogen) atoms. The molecule has 0 aliphatic carbocycles. The first-order valence-corrected chi connectivity index (χ1v) is 18.3. The molecule has 4 aromatic carbocycles. The van der Waals surface area contributed by atoms with E-state index >= 15 is 0 Å². The first-order chi connectivity index (χ1) is 29.2. The zero-order chi connectivity index (χ0) is 42.2. The number of Topliss-reactive ketones (excluding diaryl/α,β-unsaturated/α-hetero) is 2. The van der Waals surface area contributed by atoms with Gasteiger partial charge in [-0.1, -0.05) is 12.1 Å². The van der Waals surface area contributed by atoms with E-state index in [2.05, 4.69) is 40.5 Å². The normalized spacial score (nSPS) is 11.8. The molecule has 4 aromatic heterocycles. The fourth-order valence-corrected chi connectivity index (χ4v) is 6.38. The molecular weight excluding hydrogens is 775 g/mol. The summed E-state index contributed by atoms with van der Waals surface area (Å²) in [6.07, 6.45) is 9.03. The summed E-state index contributed by atoms with van der Waals surface area (Å²) < 4.78 is 47.7. The van der Waals surface area contributed by atoms with E-state index in [4.69, 9.17) is 18.9 Å². The highest BCUT2D eigenvalue weighted by atomic mass is 19.1. The Bertz CT molecular complexity index is 2570. The van der Waals surface area contributed by atoms with Crippen molar-refractivity contribution in [3.05, 3.63) is 156 Å². The van der Waals surface area contributed by atoms with E-state index < -0.39 is 12.1 Å². The number of hydrogen-bond acceptors (Lipinski definition) is 12. The van der Waals surface area contributed by atoms with Crippen molar-refractivity contribution in [1.29, 1.82) is 0 Å². The van der Waals surface area contributed by atoms with Crippen LogP contribution in [0.2, 0.25) is 0 Å². The van der Waals surface area contributed by atoms with Crippen LogP contribution in [0.3, 0.4) is 0 Å². The number of nitrogens with zero attached hydrogens (tertiary/aromatic N) is 4. The van der Waals surface area contributed by atoms with Gasteiger partial charge in [0.1, 0.15) is 35.2 Å². The lowest BCUT2D eigenvalue weighted by atomic mass is 10.0. The van der Waals surface area contributed by atoms with Crippen LogP contribution in [0.5, 0.6) is 23.3 Å². The van der Waals surface area contributed by atoms with E-state index in [9.17, 15) is 18.4 Å². The largest absolute Gasteiger partial charge is 0.497 e. The predicted octanol–water partition coefficient (Wildman–Crippen LogP) is 8.30. The standard InChI is InChI=1S/2C22H19FN4O3/c2*1-29-15-5-3-4-14(9-15)27-21(19-11-26-20(30-2)12-25-19)22(28)17-10-24-18-8-13(23)6-7-16(17)18/h2*3-12,21,24,27H,1-2H3. The summed E-state index contributed by atoms with van der Waals surface area (Å²) in [5, 5.41) is 7.67. The topological polar surface area (TPSA) is 178 Å². The smallest absolute Gasteiger partial charge is 0.231 e. The molecule has 8 aromatic rings. The zero-order valence-electron chi connectivity index (χ0n) is 32.7. The van der Waals surface area contributed by atoms with E-state index in [1.807, 2.05) is 36.4 Å². The average molecular weight is 813 g/mol. The summed E-state index contributed by atoms with van der Waals surface area (Å²) >= 11 is 0. The highest BCUT2D eigenvalue weighted by Gasteiger charge is 2.28. The third-order valence-corrected chi connectivity index (χ3v) is 9.41. The van der Waals surface area contributed by atoms with E-state index in [0.29, 0.717) is 79.0 Å². The van der Waals surface area contributed by atoms with E-state index in [1.54, 1.807) is 50.9 Å². The Morgan fingerprint density at radius 2 is 0.983 bits per heavy atom. The number of aromatic nitrogens is 6. The molecule has 304 valence electrons. The van der Waals surface area contributed by atoms with Gasteiger partial charge in [-0.05, 0) is 60.7 Å². The molecule has 2 unspecified atom stereocenters. The van der Waals surface area contributed by atoms with Crippen LogP contribution < -0.4 is 29.6 Å². The van der Waals surface area contributed by atoms with Crippen molar-refractivity contribution in [2.45, 2.75) is 12.1 Å². The molecule has 0 saturated heterocycles. The van der Waals surface area contributed by atoms with Gasteiger partial charge in [0.25, 0.3) is 0 Å². The molecule has 0 spiro atoms. The van der Waals surface area contributed by atoms with Gasteiger partial charge in [-0.3, -0.25) is 19.6 Å². The van der Waals surface area contributed by atoms with Crippen LogP contribution in [0.15, 0.2) is 122 Å². The average Bonchev–Trinajstić information content (AvgIpc) is 3.91. The number of carbonyl (C=O) groups excluding carboxylic acids is 2. The van der Waals surface area contributed by atoms with Crippen molar-refractivity contribution in [1.82, 2.24) is 29.9 Å². The van der Waals surface area contributed by atoms with Crippen molar-refractivity contribution in [3.8, 4) is 23.3 Å². The first kappa shape index (κ1) is 40.3. The van der Waals surface area contributed by atoms with E-state index in [0.717, 1.165) is 0 Å². The predicted molar refractivity (Wildman–Crippen MR) is 221 cm³/mol. The number of rotatable bonds is 14. The highest BCUT2D eigenvalue weighted by molar-refractivity contribution is 6.12. The number of aromatic amines is 2. The molecule has 0 aliphatic heterocycles. The number of carbonyl (C=O) groups is 2. The molecule has 14 nitrogen and oxygen atoms in total. The minimum Gasteiger partial charge on any atom is -0.497 e. The number of fused-ring (bicyclic) bond motifs is 2. The van der Waals surface area contributed by atoms with Crippen molar-refractivity contribution in [2.75, 3.05) is 39.1 Å². The Labute approximate surface area is 342 Å². The Morgan fingerprint density at radius 3 is 1.35 bits per heavy atom. The van der Waals surface area contributed by atoms with Crippen molar-refractivity contribution in [3.63, 3.8) is 0 Å². The molecule has 0 saturated carbocycles. The Balaban J connectivity index is 0.000000181. The molecule has 8 rings (SSSR count). The minimum atomic E-state index is -0.834. The zero-order valence-corrected chi connectivity index (χ0v) is 32.7. The maximum Gasteiger partial charge on any atom is 0.231 e. The van der Waals surface area contributed by atoms with Gasteiger partial charge in [0.15, 0.2) is 11.6 Å². The number of anilines is 2. The lowest BCUT2D eigenvalue weighted by Crippen LogP contribution is -2.22. The maximum atomic E-state index is 13.5. The number of H-pyrrole nitrogens is 2. The van der Waals surface area contributed by atoms with Gasteiger partial charge in [-0.25, -0.2) is 18.7 Å². The summed E-state index contributed by atoms with van der Waals surface area (Å²) in [6.45, 7) is 0. The summed E-state index contributed by atoms with van der Waals surface area (Å²) in [5.41, 5.74) is 4.11. The van der Waals surface area contributed by atoms with Crippen molar-refractivity contribution < 1.29 is 37.3 Å². The number of methoxy groups -OCH3 is 4. The van der Waals surface area contributed by atoms with E-state index in [1.165, 1.54) is 63.3 Å². The summed E-state index contributed by atoms with van der Waals surface area (Å²) in [5.74, 6) is 0.739. The van der Waals surface area contributed by atoms with Gasteiger partial charge in [0.2, 0.25) is 11.8 Å². The van der Waals surface area contributed by atoms with Gasteiger partial charge in [-0.15, -0.1) is 0 Å². The number of benzene rings is 4. The SMILES string of the molecule is COc1cccc(NC(C(=O)c2c[nH]c3cc(F)ccc23)c2cnc(OC)cn2)c1.COc1cccc(NC(C(=O)c2c[nH]c3cc(F)ccc23)c2cnc(OC)cn2)c1. The van der Waals surface area contributed by atoms with Gasteiger partial charge < -0.3 is 39.5 Å². The molecule has 4 N–H and O–H groups in total. The minimum absolute atomic E-state index is 0.241. The molecular formula is C44H38F2N8O6. The number of ether oxygens (including phenoxy) is 4. The Morgan fingerprint density at radius 1 is 0.550 bits per heavy atom. The quantitative estimate of drug-likeness (QED) is 0.0774. The number of halogens is 2. The van der Waals surface area contributed by atoms with Gasteiger partial charge in [0.05, 0.1) is 64.6 Å².